The highest BCUT2D eigenvalue weighted by molar-refractivity contribution is 7.90. The number of hydrogen-bond donors (Lipinski definition) is 1. The predicted octanol–water partition coefficient (Wildman–Crippen LogP) is 2.16. The van der Waals surface area contributed by atoms with Crippen molar-refractivity contribution in [2.24, 2.45) is 0 Å². The summed E-state index contributed by atoms with van der Waals surface area (Å²) >= 11 is 0. The maximum absolute atomic E-state index is 12.7. The molecular weight excluding hydrogens is 352 g/mol. The second-order valence-corrected chi connectivity index (χ2v) is 9.28. The fraction of sp³-hybridized carbons (Fsp3) is 0.632. The minimum Gasteiger partial charge on any atom is -0.378 e. The summed E-state index contributed by atoms with van der Waals surface area (Å²) in [5, 5.41) is 3.15. The van der Waals surface area contributed by atoms with E-state index in [1.165, 1.54) is 6.26 Å². The zero-order chi connectivity index (χ0) is 18.7. The van der Waals surface area contributed by atoms with Gasteiger partial charge in [0, 0.05) is 32.0 Å². The van der Waals surface area contributed by atoms with Crippen molar-refractivity contribution < 1.29 is 17.9 Å². The van der Waals surface area contributed by atoms with E-state index in [1.807, 2.05) is 11.0 Å². The van der Waals surface area contributed by atoms with Gasteiger partial charge in [0.05, 0.1) is 11.0 Å². The van der Waals surface area contributed by atoms with Crippen LogP contribution in [-0.4, -0.2) is 57.4 Å². The van der Waals surface area contributed by atoms with Gasteiger partial charge in [0.1, 0.15) is 0 Å². The van der Waals surface area contributed by atoms with Crippen LogP contribution in [0.3, 0.4) is 0 Å². The smallest absolute Gasteiger partial charge is 0.317 e. The van der Waals surface area contributed by atoms with Crippen LogP contribution in [0.5, 0.6) is 0 Å². The van der Waals surface area contributed by atoms with Gasteiger partial charge in [-0.05, 0) is 55.4 Å². The first-order chi connectivity index (χ1) is 12.4. The van der Waals surface area contributed by atoms with Crippen LogP contribution in [0.15, 0.2) is 23.1 Å². The number of rotatable bonds is 3. The fourth-order valence-corrected chi connectivity index (χ4v) is 4.37. The first-order valence-corrected chi connectivity index (χ1v) is 11.2. The van der Waals surface area contributed by atoms with Gasteiger partial charge in [0.2, 0.25) is 0 Å². The quantitative estimate of drug-likeness (QED) is 0.872. The van der Waals surface area contributed by atoms with Gasteiger partial charge < -0.3 is 15.0 Å². The van der Waals surface area contributed by atoms with E-state index in [-0.39, 0.29) is 18.2 Å². The number of carbonyl (C=O) groups is 1. The molecule has 3 rings (SSSR count). The number of fused-ring (bicyclic) bond motifs is 1. The van der Waals surface area contributed by atoms with Crippen LogP contribution in [0, 0.1) is 0 Å². The Bertz CT molecular complexity index is 763. The van der Waals surface area contributed by atoms with E-state index in [4.69, 9.17) is 4.74 Å². The number of ether oxygens (including phenoxy) is 1. The molecule has 2 amide bonds. The Morgan fingerprint density at radius 2 is 2.00 bits per heavy atom. The molecule has 1 saturated heterocycles. The molecule has 0 bridgehead atoms. The van der Waals surface area contributed by atoms with Crippen LogP contribution in [0.1, 0.15) is 37.3 Å². The van der Waals surface area contributed by atoms with Crippen LogP contribution in [0.25, 0.3) is 0 Å². The number of amides is 2. The second kappa shape index (κ2) is 7.96. The zero-order valence-electron chi connectivity index (χ0n) is 15.5. The molecule has 2 aliphatic heterocycles. The van der Waals surface area contributed by atoms with E-state index in [0.717, 1.165) is 36.8 Å². The molecule has 0 radical (unpaired) electrons. The molecule has 26 heavy (non-hydrogen) atoms. The largest absolute Gasteiger partial charge is 0.378 e. The first kappa shape index (κ1) is 19.2. The van der Waals surface area contributed by atoms with Crippen LogP contribution in [-0.2, 0) is 27.4 Å². The molecule has 2 atom stereocenters. The molecule has 1 aromatic rings. The highest BCUT2D eigenvalue weighted by Crippen LogP contribution is 2.21. The topological polar surface area (TPSA) is 75.7 Å². The van der Waals surface area contributed by atoms with E-state index in [9.17, 15) is 13.2 Å². The van der Waals surface area contributed by atoms with Crippen LogP contribution >= 0.6 is 0 Å². The maximum Gasteiger partial charge on any atom is 0.317 e. The Labute approximate surface area is 155 Å². The van der Waals surface area contributed by atoms with Crippen molar-refractivity contribution in [3.05, 3.63) is 29.3 Å². The molecule has 2 aliphatic rings. The number of benzene rings is 1. The molecule has 0 saturated carbocycles. The van der Waals surface area contributed by atoms with Gasteiger partial charge in [0.15, 0.2) is 9.84 Å². The van der Waals surface area contributed by atoms with Crippen molar-refractivity contribution in [1.29, 1.82) is 0 Å². The molecule has 7 heteroatoms. The Morgan fingerprint density at radius 1 is 1.27 bits per heavy atom. The Balaban J connectivity index is 1.62. The van der Waals surface area contributed by atoms with Gasteiger partial charge in [0.25, 0.3) is 0 Å². The molecule has 0 aromatic heterocycles. The van der Waals surface area contributed by atoms with Gasteiger partial charge in [-0.15, -0.1) is 0 Å². The lowest BCUT2D eigenvalue weighted by Gasteiger charge is -2.31. The van der Waals surface area contributed by atoms with Crippen molar-refractivity contribution >= 4 is 15.9 Å². The first-order valence-electron chi connectivity index (χ1n) is 9.35. The van der Waals surface area contributed by atoms with Crippen LogP contribution < -0.4 is 5.32 Å². The summed E-state index contributed by atoms with van der Waals surface area (Å²) in [6, 6.07) is 5.46. The van der Waals surface area contributed by atoms with Gasteiger partial charge in [-0.3, -0.25) is 0 Å². The molecule has 1 aromatic carbocycles. The van der Waals surface area contributed by atoms with E-state index in [0.29, 0.717) is 31.0 Å². The normalized spacial score (nSPS) is 23.8. The molecule has 0 aliphatic carbocycles. The number of carbonyl (C=O) groups excluding carboxylic acids is 1. The van der Waals surface area contributed by atoms with E-state index >= 15 is 0 Å². The van der Waals surface area contributed by atoms with Crippen molar-refractivity contribution in [2.45, 2.75) is 56.1 Å². The van der Waals surface area contributed by atoms with Crippen molar-refractivity contribution in [3.8, 4) is 0 Å². The molecule has 2 unspecified atom stereocenters. The third-order valence-electron chi connectivity index (χ3n) is 5.35. The minimum absolute atomic E-state index is 0.0251. The molecule has 2 heterocycles. The Morgan fingerprint density at radius 3 is 2.69 bits per heavy atom. The SMILES string of the molecule is CCC1CC(NC(=O)N2CCc3ccc(S(C)(=O)=O)cc3CC2)CCO1. The Kier molecular flexibility index (Phi) is 5.87. The lowest BCUT2D eigenvalue weighted by atomic mass is 10.0. The number of urea groups is 1. The second-order valence-electron chi connectivity index (χ2n) is 7.26. The average Bonchev–Trinajstić information content (AvgIpc) is 2.83. The minimum atomic E-state index is -3.21. The van der Waals surface area contributed by atoms with Crippen LogP contribution in [0.2, 0.25) is 0 Å². The van der Waals surface area contributed by atoms with Crippen LogP contribution in [0.4, 0.5) is 4.79 Å². The summed E-state index contributed by atoms with van der Waals surface area (Å²) in [5.41, 5.74) is 2.16. The van der Waals surface area contributed by atoms with Gasteiger partial charge in [-0.25, -0.2) is 13.2 Å². The summed E-state index contributed by atoms with van der Waals surface area (Å²) in [5.74, 6) is 0. The highest BCUT2D eigenvalue weighted by atomic mass is 32.2. The number of sulfone groups is 1. The lowest BCUT2D eigenvalue weighted by molar-refractivity contribution is 0.00120. The third kappa shape index (κ3) is 4.57. The number of nitrogens with zero attached hydrogens (tertiary/aromatic N) is 1. The van der Waals surface area contributed by atoms with Crippen molar-refractivity contribution in [1.82, 2.24) is 10.2 Å². The highest BCUT2D eigenvalue weighted by Gasteiger charge is 2.26. The summed E-state index contributed by atoms with van der Waals surface area (Å²) < 4.78 is 29.2. The predicted molar refractivity (Wildman–Crippen MR) is 100 cm³/mol. The standard InChI is InChI=1S/C19H28N2O4S/c1-3-17-13-16(8-11-25-17)20-19(22)21-9-6-14-4-5-18(26(2,23)24)12-15(14)7-10-21/h4-5,12,16-17H,3,6-11,13H2,1-2H3,(H,20,22). The lowest BCUT2D eigenvalue weighted by Crippen LogP contribution is -2.48. The van der Waals surface area contributed by atoms with E-state index in [2.05, 4.69) is 12.2 Å². The summed E-state index contributed by atoms with van der Waals surface area (Å²) in [6.45, 7) is 4.05. The number of hydrogen-bond acceptors (Lipinski definition) is 4. The van der Waals surface area contributed by atoms with Gasteiger partial charge in [-0.2, -0.15) is 0 Å². The maximum atomic E-state index is 12.7. The Hall–Kier alpha value is -1.60. The van der Waals surface area contributed by atoms with E-state index < -0.39 is 9.84 Å². The monoisotopic (exact) mass is 380 g/mol. The summed E-state index contributed by atoms with van der Waals surface area (Å²) in [7, 11) is -3.21. The number of nitrogens with one attached hydrogen (secondary N) is 1. The molecule has 144 valence electrons. The summed E-state index contributed by atoms with van der Waals surface area (Å²) in [6.07, 6.45) is 5.57. The molecule has 1 fully saturated rings. The molecular formula is C19H28N2O4S. The third-order valence-corrected chi connectivity index (χ3v) is 6.46. The van der Waals surface area contributed by atoms with Crippen molar-refractivity contribution in [2.75, 3.05) is 26.0 Å². The molecule has 6 nitrogen and oxygen atoms in total. The fourth-order valence-electron chi connectivity index (χ4n) is 3.70. The molecule has 1 N–H and O–H groups in total. The van der Waals surface area contributed by atoms with Crippen molar-refractivity contribution in [3.63, 3.8) is 0 Å². The average molecular weight is 381 g/mol. The summed E-state index contributed by atoms with van der Waals surface area (Å²) in [4.78, 5) is 14.9. The van der Waals surface area contributed by atoms with Gasteiger partial charge >= 0.3 is 6.03 Å². The molecule has 0 spiro atoms. The zero-order valence-corrected chi connectivity index (χ0v) is 16.3. The van der Waals surface area contributed by atoms with Gasteiger partial charge in [-0.1, -0.05) is 13.0 Å². The van der Waals surface area contributed by atoms with E-state index in [1.54, 1.807) is 12.1 Å².